The van der Waals surface area contributed by atoms with E-state index in [4.69, 9.17) is 19.8 Å². The zero-order valence-electron chi connectivity index (χ0n) is 17.2. The van der Waals surface area contributed by atoms with Gasteiger partial charge in [-0.15, -0.1) is 11.3 Å². The molecule has 3 rings (SSSR count). The summed E-state index contributed by atoms with van der Waals surface area (Å²) in [5.41, 5.74) is 1.11. The number of likely N-dealkylation sites (N-methyl/N-ethyl adjacent to an activating group) is 1. The second-order valence-corrected chi connectivity index (χ2v) is 7.98. The zero-order chi connectivity index (χ0) is 21.6. The fourth-order valence-electron chi connectivity index (χ4n) is 3.61. The number of nitrogens with zero attached hydrogens (tertiary/aromatic N) is 4. The predicted molar refractivity (Wildman–Crippen MR) is 111 cm³/mol. The van der Waals surface area contributed by atoms with Gasteiger partial charge in [-0.1, -0.05) is 6.42 Å². The van der Waals surface area contributed by atoms with Crippen molar-refractivity contribution in [3.05, 3.63) is 16.1 Å². The maximum atomic E-state index is 12.8. The smallest absolute Gasteiger partial charge is 0.290 e. The maximum absolute atomic E-state index is 12.8. The van der Waals surface area contributed by atoms with Gasteiger partial charge >= 0.3 is 0 Å². The number of amides is 1. The SMILES string of the molecule is Cc1csc(CN2CCCN(C(=O)C3CCCCN3C)CC2)n1.O=CO.O=CO. The number of hydrogen-bond acceptors (Lipinski definition) is 7. The monoisotopic (exact) mass is 428 g/mol. The summed E-state index contributed by atoms with van der Waals surface area (Å²) in [5.74, 6) is 0.346. The first kappa shape index (κ1) is 25.0. The van der Waals surface area contributed by atoms with E-state index >= 15 is 0 Å². The molecular weight excluding hydrogens is 396 g/mol. The second-order valence-electron chi connectivity index (χ2n) is 7.04. The van der Waals surface area contributed by atoms with Crippen LogP contribution in [0.5, 0.6) is 0 Å². The molecule has 0 aromatic carbocycles. The molecule has 0 radical (unpaired) electrons. The highest BCUT2D eigenvalue weighted by Crippen LogP contribution is 2.19. The molecule has 0 bridgehead atoms. The maximum Gasteiger partial charge on any atom is 0.290 e. The van der Waals surface area contributed by atoms with E-state index in [1.807, 2.05) is 6.92 Å². The van der Waals surface area contributed by atoms with E-state index in [9.17, 15) is 4.79 Å². The van der Waals surface area contributed by atoms with Crippen molar-refractivity contribution >= 4 is 30.2 Å². The molecule has 0 saturated carbocycles. The van der Waals surface area contributed by atoms with Crippen LogP contribution in [-0.4, -0.2) is 94.6 Å². The Morgan fingerprint density at radius 2 is 1.83 bits per heavy atom. The number of likely N-dealkylation sites (tertiary alicyclic amines) is 1. The molecular formula is C19H32N4O5S. The van der Waals surface area contributed by atoms with Gasteiger partial charge in [0.2, 0.25) is 5.91 Å². The summed E-state index contributed by atoms with van der Waals surface area (Å²) in [6, 6.07) is 0.108. The molecule has 3 heterocycles. The normalized spacial score (nSPS) is 20.3. The van der Waals surface area contributed by atoms with Gasteiger partial charge < -0.3 is 15.1 Å². The third-order valence-corrected chi connectivity index (χ3v) is 5.93. The number of carbonyl (C=O) groups is 3. The standard InChI is InChI=1S/C17H28N4OS.2CH2O2/c1-14-13-23-16(18-14)12-20-8-5-9-21(11-10-20)17(22)15-6-3-4-7-19(15)2;2*2-1-3/h13,15H,3-12H2,1-2H3;2*1H,(H,2,3). The molecule has 0 spiro atoms. The van der Waals surface area contributed by atoms with Crippen LogP contribution in [0.3, 0.4) is 0 Å². The lowest BCUT2D eigenvalue weighted by molar-refractivity contribution is -0.137. The lowest BCUT2D eigenvalue weighted by atomic mass is 10.0. The number of rotatable bonds is 3. The van der Waals surface area contributed by atoms with Crippen molar-refractivity contribution in [1.29, 1.82) is 0 Å². The van der Waals surface area contributed by atoms with Crippen molar-refractivity contribution < 1.29 is 24.6 Å². The van der Waals surface area contributed by atoms with E-state index in [2.05, 4.69) is 32.1 Å². The molecule has 0 aliphatic carbocycles. The van der Waals surface area contributed by atoms with Gasteiger partial charge in [0.15, 0.2) is 0 Å². The third kappa shape index (κ3) is 8.88. The number of aryl methyl sites for hydroxylation is 1. The van der Waals surface area contributed by atoms with E-state index in [0.717, 1.165) is 57.8 Å². The van der Waals surface area contributed by atoms with Gasteiger partial charge in [0.05, 0.1) is 12.6 Å². The molecule has 2 aliphatic heterocycles. The molecule has 164 valence electrons. The summed E-state index contributed by atoms with van der Waals surface area (Å²) in [5, 5.41) is 17.1. The Morgan fingerprint density at radius 3 is 2.41 bits per heavy atom. The van der Waals surface area contributed by atoms with Gasteiger partial charge in [-0.25, -0.2) is 4.98 Å². The summed E-state index contributed by atoms with van der Waals surface area (Å²) in [6.45, 7) is 7.29. The lowest BCUT2D eigenvalue weighted by Gasteiger charge is -2.35. The van der Waals surface area contributed by atoms with Gasteiger partial charge in [-0.05, 0) is 39.8 Å². The highest BCUT2D eigenvalue weighted by atomic mass is 32.1. The lowest BCUT2D eigenvalue weighted by Crippen LogP contribution is -2.50. The summed E-state index contributed by atoms with van der Waals surface area (Å²) < 4.78 is 0. The minimum atomic E-state index is -0.250. The van der Waals surface area contributed by atoms with E-state index < -0.39 is 0 Å². The van der Waals surface area contributed by atoms with E-state index in [1.54, 1.807) is 11.3 Å². The quantitative estimate of drug-likeness (QED) is 0.694. The average molecular weight is 429 g/mol. The number of piperidine rings is 1. The van der Waals surface area contributed by atoms with Crippen molar-refractivity contribution in [3.8, 4) is 0 Å². The van der Waals surface area contributed by atoms with E-state index in [0.29, 0.717) is 5.91 Å². The Bertz CT molecular complexity index is 621. The summed E-state index contributed by atoms with van der Waals surface area (Å²) in [4.78, 5) is 40.9. The minimum Gasteiger partial charge on any atom is -0.483 e. The predicted octanol–water partition coefficient (Wildman–Crippen LogP) is 1.37. The van der Waals surface area contributed by atoms with Crippen molar-refractivity contribution in [3.63, 3.8) is 0 Å². The van der Waals surface area contributed by atoms with Crippen molar-refractivity contribution in [2.75, 3.05) is 39.8 Å². The van der Waals surface area contributed by atoms with Crippen LogP contribution >= 0.6 is 11.3 Å². The molecule has 2 aliphatic rings. The Morgan fingerprint density at radius 1 is 1.14 bits per heavy atom. The first-order valence-corrected chi connectivity index (χ1v) is 10.6. The first-order valence-electron chi connectivity index (χ1n) is 9.74. The molecule has 2 saturated heterocycles. The van der Waals surface area contributed by atoms with Crippen LogP contribution in [0.1, 0.15) is 36.4 Å². The van der Waals surface area contributed by atoms with Crippen LogP contribution in [0, 0.1) is 6.92 Å². The van der Waals surface area contributed by atoms with Gasteiger partial charge in [0.1, 0.15) is 5.01 Å². The molecule has 1 amide bonds. The zero-order valence-corrected chi connectivity index (χ0v) is 18.0. The van der Waals surface area contributed by atoms with Gasteiger partial charge in [0.25, 0.3) is 12.9 Å². The topological polar surface area (TPSA) is 114 Å². The van der Waals surface area contributed by atoms with E-state index in [1.165, 1.54) is 17.8 Å². The van der Waals surface area contributed by atoms with Crippen LogP contribution in [0.25, 0.3) is 0 Å². The van der Waals surface area contributed by atoms with E-state index in [-0.39, 0.29) is 19.0 Å². The molecule has 9 nitrogen and oxygen atoms in total. The second kappa shape index (κ2) is 14.0. The molecule has 29 heavy (non-hydrogen) atoms. The molecule has 1 unspecified atom stereocenters. The van der Waals surface area contributed by atoms with Crippen LogP contribution in [-0.2, 0) is 20.9 Å². The first-order chi connectivity index (χ1) is 14.0. The fraction of sp³-hybridized carbons (Fsp3) is 0.684. The molecule has 2 fully saturated rings. The molecule has 10 heteroatoms. The number of hydrogen-bond donors (Lipinski definition) is 2. The van der Waals surface area contributed by atoms with Crippen LogP contribution in [0.4, 0.5) is 0 Å². The minimum absolute atomic E-state index is 0.108. The van der Waals surface area contributed by atoms with Gasteiger partial charge in [-0.2, -0.15) is 0 Å². The Kier molecular flexibility index (Phi) is 12.1. The fourth-order valence-corrected chi connectivity index (χ4v) is 4.43. The summed E-state index contributed by atoms with van der Waals surface area (Å²) in [6.07, 6.45) is 4.49. The summed E-state index contributed by atoms with van der Waals surface area (Å²) in [7, 11) is 2.09. The van der Waals surface area contributed by atoms with Crippen molar-refractivity contribution in [2.45, 2.75) is 45.2 Å². The van der Waals surface area contributed by atoms with Gasteiger partial charge in [0, 0.05) is 37.3 Å². The molecule has 2 N–H and O–H groups in total. The highest BCUT2D eigenvalue weighted by molar-refractivity contribution is 7.09. The number of thiazole rings is 1. The highest BCUT2D eigenvalue weighted by Gasteiger charge is 2.30. The largest absolute Gasteiger partial charge is 0.483 e. The third-order valence-electron chi connectivity index (χ3n) is 4.98. The van der Waals surface area contributed by atoms with Gasteiger partial charge in [-0.3, -0.25) is 24.2 Å². The number of carboxylic acid groups (broad SMARTS) is 2. The van der Waals surface area contributed by atoms with Crippen molar-refractivity contribution in [2.24, 2.45) is 0 Å². The molecule has 1 aromatic rings. The number of aromatic nitrogens is 1. The number of carbonyl (C=O) groups excluding carboxylic acids is 1. The average Bonchev–Trinajstić information content (AvgIpc) is 2.95. The van der Waals surface area contributed by atoms with Crippen molar-refractivity contribution in [1.82, 2.24) is 19.7 Å². The summed E-state index contributed by atoms with van der Waals surface area (Å²) >= 11 is 1.74. The Balaban J connectivity index is 0.000000626. The Labute approximate surface area is 175 Å². The Hall–Kier alpha value is -2.04. The van der Waals surface area contributed by atoms with Crippen LogP contribution in [0.2, 0.25) is 0 Å². The van der Waals surface area contributed by atoms with Crippen LogP contribution in [0.15, 0.2) is 5.38 Å². The molecule has 1 aromatic heterocycles. The molecule has 1 atom stereocenters. The van der Waals surface area contributed by atoms with Crippen LogP contribution < -0.4 is 0 Å².